The van der Waals surface area contributed by atoms with Crippen molar-refractivity contribution in [2.45, 2.75) is 45.2 Å². The van der Waals surface area contributed by atoms with Gasteiger partial charge in [0.25, 0.3) is 0 Å². The van der Waals surface area contributed by atoms with E-state index >= 15 is 0 Å². The number of carbonyl (C=O) groups is 1. The van der Waals surface area contributed by atoms with E-state index in [1.165, 1.54) is 6.42 Å². The fraction of sp³-hybridized carbons (Fsp3) is 0.562. The minimum Gasteiger partial charge on any atom is -0.481 e. The van der Waals surface area contributed by atoms with Crippen LogP contribution in [0, 0.1) is 5.92 Å². The van der Waals surface area contributed by atoms with Gasteiger partial charge in [0.15, 0.2) is 0 Å². The van der Waals surface area contributed by atoms with Crippen molar-refractivity contribution in [3.8, 4) is 0 Å². The normalized spacial score (nSPS) is 26.0. The quantitative estimate of drug-likeness (QED) is 0.904. The highest BCUT2D eigenvalue weighted by molar-refractivity contribution is 5.68. The first kappa shape index (κ1) is 14.1. The van der Waals surface area contributed by atoms with E-state index in [1.807, 2.05) is 30.3 Å². The molecule has 3 nitrogen and oxygen atoms in total. The first-order valence-corrected chi connectivity index (χ1v) is 7.10. The number of likely N-dealkylation sites (tertiary alicyclic amines) is 1. The lowest BCUT2D eigenvalue weighted by atomic mass is 9.90. The van der Waals surface area contributed by atoms with E-state index in [9.17, 15) is 9.90 Å². The summed E-state index contributed by atoms with van der Waals surface area (Å²) in [6.07, 6.45) is 2.58. The second-order valence-corrected chi connectivity index (χ2v) is 5.75. The molecular formula is C16H23NO2. The summed E-state index contributed by atoms with van der Waals surface area (Å²) in [5.74, 6) is -0.0736. The third-order valence-electron chi connectivity index (χ3n) is 4.12. The monoisotopic (exact) mass is 261 g/mol. The minimum absolute atomic E-state index is 0.00329. The highest BCUT2D eigenvalue weighted by atomic mass is 16.4. The van der Waals surface area contributed by atoms with Gasteiger partial charge in [0.2, 0.25) is 0 Å². The lowest BCUT2D eigenvalue weighted by Crippen LogP contribution is -2.44. The Morgan fingerprint density at radius 3 is 2.63 bits per heavy atom. The van der Waals surface area contributed by atoms with Gasteiger partial charge >= 0.3 is 5.97 Å². The molecule has 1 N–H and O–H groups in total. The molecule has 0 radical (unpaired) electrons. The largest absolute Gasteiger partial charge is 0.481 e. The maximum Gasteiger partial charge on any atom is 0.305 e. The second-order valence-electron chi connectivity index (χ2n) is 5.75. The van der Waals surface area contributed by atoms with E-state index in [0.717, 1.165) is 18.5 Å². The summed E-state index contributed by atoms with van der Waals surface area (Å²) in [7, 11) is 0. The van der Waals surface area contributed by atoms with Crippen LogP contribution in [0.25, 0.3) is 0 Å². The van der Waals surface area contributed by atoms with Gasteiger partial charge in [-0.05, 0) is 31.2 Å². The highest BCUT2D eigenvalue weighted by Gasteiger charge is 2.31. The molecule has 104 valence electrons. The average molecular weight is 261 g/mol. The SMILES string of the molecule is CC1CCC(C)N(C(CC(=O)O)c2ccccc2)C1. The van der Waals surface area contributed by atoms with Crippen LogP contribution in [0.4, 0.5) is 0 Å². The van der Waals surface area contributed by atoms with Crippen molar-refractivity contribution in [3.05, 3.63) is 35.9 Å². The molecule has 1 aromatic rings. The molecule has 2 rings (SSSR count). The fourth-order valence-electron chi connectivity index (χ4n) is 3.02. The van der Waals surface area contributed by atoms with E-state index in [1.54, 1.807) is 0 Å². The number of carboxylic acid groups (broad SMARTS) is 1. The average Bonchev–Trinajstić information content (AvgIpc) is 2.40. The van der Waals surface area contributed by atoms with Crippen LogP contribution < -0.4 is 0 Å². The molecule has 3 atom stereocenters. The van der Waals surface area contributed by atoms with E-state index < -0.39 is 5.97 Å². The number of benzene rings is 1. The van der Waals surface area contributed by atoms with Crippen molar-refractivity contribution in [1.29, 1.82) is 0 Å². The first-order valence-electron chi connectivity index (χ1n) is 7.10. The molecule has 0 aromatic heterocycles. The third kappa shape index (κ3) is 3.57. The molecule has 1 aliphatic rings. The summed E-state index contributed by atoms with van der Waals surface area (Å²) in [6, 6.07) is 10.5. The summed E-state index contributed by atoms with van der Waals surface area (Å²) in [5.41, 5.74) is 1.12. The summed E-state index contributed by atoms with van der Waals surface area (Å²) in [5, 5.41) is 9.20. The number of rotatable bonds is 4. The summed E-state index contributed by atoms with van der Waals surface area (Å²) < 4.78 is 0. The zero-order valence-corrected chi connectivity index (χ0v) is 11.7. The maximum absolute atomic E-state index is 11.2. The molecule has 1 aliphatic heterocycles. The first-order chi connectivity index (χ1) is 9.08. The molecule has 0 spiro atoms. The van der Waals surface area contributed by atoms with Gasteiger partial charge in [-0.2, -0.15) is 0 Å². The van der Waals surface area contributed by atoms with Gasteiger partial charge in [0, 0.05) is 18.6 Å². The van der Waals surface area contributed by atoms with Gasteiger partial charge in [0.1, 0.15) is 0 Å². The number of piperidine rings is 1. The lowest BCUT2D eigenvalue weighted by Gasteiger charge is -2.42. The van der Waals surface area contributed by atoms with E-state index in [-0.39, 0.29) is 12.5 Å². The topological polar surface area (TPSA) is 40.5 Å². The van der Waals surface area contributed by atoms with Gasteiger partial charge < -0.3 is 5.11 Å². The molecule has 19 heavy (non-hydrogen) atoms. The summed E-state index contributed by atoms with van der Waals surface area (Å²) in [4.78, 5) is 13.6. The lowest BCUT2D eigenvalue weighted by molar-refractivity contribution is -0.139. The van der Waals surface area contributed by atoms with Gasteiger partial charge in [-0.25, -0.2) is 0 Å². The van der Waals surface area contributed by atoms with Crippen LogP contribution >= 0.6 is 0 Å². The minimum atomic E-state index is -0.723. The van der Waals surface area contributed by atoms with E-state index in [2.05, 4.69) is 18.7 Å². The molecule has 0 bridgehead atoms. The molecule has 1 saturated heterocycles. The smallest absolute Gasteiger partial charge is 0.305 e. The van der Waals surface area contributed by atoms with E-state index in [4.69, 9.17) is 0 Å². The van der Waals surface area contributed by atoms with Crippen molar-refractivity contribution in [2.24, 2.45) is 5.92 Å². The predicted molar refractivity (Wildman–Crippen MR) is 76.0 cm³/mol. The highest BCUT2D eigenvalue weighted by Crippen LogP contribution is 2.32. The zero-order valence-electron chi connectivity index (χ0n) is 11.7. The number of hydrogen-bond donors (Lipinski definition) is 1. The van der Waals surface area contributed by atoms with Crippen LogP contribution in [0.2, 0.25) is 0 Å². The molecule has 0 saturated carbocycles. The van der Waals surface area contributed by atoms with Crippen LogP contribution in [0.3, 0.4) is 0 Å². The Hall–Kier alpha value is -1.35. The van der Waals surface area contributed by atoms with Crippen molar-refractivity contribution in [3.63, 3.8) is 0 Å². The Balaban J connectivity index is 2.24. The second kappa shape index (κ2) is 6.20. The zero-order chi connectivity index (χ0) is 13.8. The van der Waals surface area contributed by atoms with Crippen LogP contribution in [-0.2, 0) is 4.79 Å². The van der Waals surface area contributed by atoms with Crippen molar-refractivity contribution < 1.29 is 9.90 Å². The van der Waals surface area contributed by atoms with Crippen molar-refractivity contribution in [1.82, 2.24) is 4.90 Å². The Morgan fingerprint density at radius 1 is 1.32 bits per heavy atom. The number of nitrogens with zero attached hydrogens (tertiary/aromatic N) is 1. The molecule has 1 heterocycles. The fourth-order valence-corrected chi connectivity index (χ4v) is 3.02. The Labute approximate surface area is 115 Å². The summed E-state index contributed by atoms with van der Waals surface area (Å²) >= 11 is 0. The Bertz CT molecular complexity index is 418. The predicted octanol–water partition coefficient (Wildman–Crippen LogP) is 3.32. The Kier molecular flexibility index (Phi) is 4.59. The van der Waals surface area contributed by atoms with Gasteiger partial charge in [-0.3, -0.25) is 9.69 Å². The van der Waals surface area contributed by atoms with Crippen molar-refractivity contribution in [2.75, 3.05) is 6.54 Å². The summed E-state index contributed by atoms with van der Waals surface area (Å²) in [6.45, 7) is 5.46. The van der Waals surface area contributed by atoms with Crippen molar-refractivity contribution >= 4 is 5.97 Å². The maximum atomic E-state index is 11.2. The van der Waals surface area contributed by atoms with Crippen LogP contribution in [-0.4, -0.2) is 28.6 Å². The van der Waals surface area contributed by atoms with Gasteiger partial charge in [0.05, 0.1) is 6.42 Å². The number of hydrogen-bond acceptors (Lipinski definition) is 2. The standard InChI is InChI=1S/C16H23NO2/c1-12-8-9-13(2)17(11-12)15(10-16(18)19)14-6-4-3-5-7-14/h3-7,12-13,15H,8-11H2,1-2H3,(H,18,19). The molecular weight excluding hydrogens is 238 g/mol. The van der Waals surface area contributed by atoms with Gasteiger partial charge in [-0.1, -0.05) is 37.3 Å². The number of aliphatic carboxylic acids is 1. The molecule has 0 amide bonds. The third-order valence-corrected chi connectivity index (χ3v) is 4.12. The van der Waals surface area contributed by atoms with E-state index in [0.29, 0.717) is 12.0 Å². The Morgan fingerprint density at radius 2 is 2.00 bits per heavy atom. The molecule has 3 heteroatoms. The molecule has 0 aliphatic carbocycles. The molecule has 1 aromatic carbocycles. The molecule has 1 fully saturated rings. The molecule has 3 unspecified atom stereocenters. The van der Waals surface area contributed by atoms with Crippen LogP contribution in [0.1, 0.15) is 44.7 Å². The van der Waals surface area contributed by atoms with Crippen LogP contribution in [0.15, 0.2) is 30.3 Å². The van der Waals surface area contributed by atoms with Gasteiger partial charge in [-0.15, -0.1) is 0 Å². The van der Waals surface area contributed by atoms with Crippen LogP contribution in [0.5, 0.6) is 0 Å². The number of carboxylic acids is 1.